The van der Waals surface area contributed by atoms with Crippen molar-refractivity contribution in [2.75, 3.05) is 18.1 Å². The van der Waals surface area contributed by atoms with Crippen molar-refractivity contribution in [3.63, 3.8) is 0 Å². The molecule has 1 aromatic heterocycles. The standard InChI is InChI=1S/C26H29N3O2/c1-18-7-8-21(25-19(2)28-31-20(25)3)17-24(18)29(15-5-6-16-30)23-11-9-22(10-12-23)26(27-4)13-14-26/h7-12,17,30H,5-6,13-16H2,1-3H3. The Kier molecular flexibility index (Phi) is 5.84. The molecule has 0 saturated heterocycles. The minimum absolute atomic E-state index is 0.193. The zero-order chi connectivity index (χ0) is 22.0. The van der Waals surface area contributed by atoms with Gasteiger partial charge in [-0.25, -0.2) is 6.57 Å². The Morgan fingerprint density at radius 1 is 1.10 bits per heavy atom. The minimum Gasteiger partial charge on any atom is -0.396 e. The van der Waals surface area contributed by atoms with Crippen LogP contribution < -0.4 is 4.90 Å². The first-order valence-electron chi connectivity index (χ1n) is 10.9. The summed E-state index contributed by atoms with van der Waals surface area (Å²) in [6, 6.07) is 14.9. The Balaban J connectivity index is 1.73. The van der Waals surface area contributed by atoms with Gasteiger partial charge in [0.1, 0.15) is 5.76 Å². The van der Waals surface area contributed by atoms with Crippen LogP contribution in [0.15, 0.2) is 47.0 Å². The number of aliphatic hydroxyl groups excluding tert-OH is 1. The maximum absolute atomic E-state index is 9.30. The average Bonchev–Trinajstić information content (AvgIpc) is 3.51. The quantitative estimate of drug-likeness (QED) is 0.357. The summed E-state index contributed by atoms with van der Waals surface area (Å²) in [4.78, 5) is 6.17. The maximum atomic E-state index is 9.30. The molecule has 1 aliphatic rings. The van der Waals surface area contributed by atoms with Crippen molar-refractivity contribution in [3.05, 3.63) is 76.5 Å². The van der Waals surface area contributed by atoms with Gasteiger partial charge in [0.15, 0.2) is 0 Å². The lowest BCUT2D eigenvalue weighted by Crippen LogP contribution is -2.20. The monoisotopic (exact) mass is 415 g/mol. The number of aliphatic hydroxyl groups is 1. The van der Waals surface area contributed by atoms with Crippen molar-refractivity contribution in [2.24, 2.45) is 0 Å². The molecule has 1 heterocycles. The van der Waals surface area contributed by atoms with Crippen molar-refractivity contribution < 1.29 is 9.63 Å². The van der Waals surface area contributed by atoms with Crippen LogP contribution in [0.2, 0.25) is 0 Å². The number of aromatic nitrogens is 1. The Hall–Kier alpha value is -3.10. The highest BCUT2D eigenvalue weighted by atomic mass is 16.5. The number of benzene rings is 2. The molecule has 1 aliphatic carbocycles. The third-order valence-electron chi connectivity index (χ3n) is 6.27. The molecule has 0 amide bonds. The second-order valence-corrected chi connectivity index (χ2v) is 8.47. The first-order chi connectivity index (χ1) is 15.0. The van der Waals surface area contributed by atoms with Gasteiger partial charge in [0, 0.05) is 48.5 Å². The molecule has 2 aromatic carbocycles. The first-order valence-corrected chi connectivity index (χ1v) is 10.9. The van der Waals surface area contributed by atoms with E-state index in [1.165, 1.54) is 5.56 Å². The molecule has 5 nitrogen and oxygen atoms in total. The van der Waals surface area contributed by atoms with E-state index in [4.69, 9.17) is 11.1 Å². The van der Waals surface area contributed by atoms with Crippen molar-refractivity contribution in [1.29, 1.82) is 0 Å². The molecule has 1 saturated carbocycles. The fraction of sp³-hybridized carbons (Fsp3) is 0.385. The van der Waals surface area contributed by atoms with Gasteiger partial charge in [-0.1, -0.05) is 17.3 Å². The number of rotatable bonds is 8. The Labute approximate surface area is 184 Å². The van der Waals surface area contributed by atoms with Crippen LogP contribution in [-0.2, 0) is 5.54 Å². The fourth-order valence-corrected chi connectivity index (χ4v) is 4.26. The predicted molar refractivity (Wildman–Crippen MR) is 123 cm³/mol. The third-order valence-corrected chi connectivity index (χ3v) is 6.27. The van der Waals surface area contributed by atoms with Crippen molar-refractivity contribution in [2.45, 2.75) is 52.0 Å². The van der Waals surface area contributed by atoms with Gasteiger partial charge in [-0.3, -0.25) is 0 Å². The molecule has 1 N–H and O–H groups in total. The van der Waals surface area contributed by atoms with Gasteiger partial charge in [0.25, 0.3) is 5.54 Å². The smallest absolute Gasteiger partial charge is 0.258 e. The highest BCUT2D eigenvalue weighted by Gasteiger charge is 2.52. The molecule has 1 fully saturated rings. The number of aryl methyl sites for hydroxylation is 3. The summed E-state index contributed by atoms with van der Waals surface area (Å²) < 4.78 is 5.39. The van der Waals surface area contributed by atoms with E-state index in [1.54, 1.807) is 0 Å². The first kappa shape index (κ1) is 21.1. The van der Waals surface area contributed by atoms with Gasteiger partial charge in [-0.05, 0) is 75.1 Å². The molecule has 0 radical (unpaired) electrons. The SMILES string of the molecule is [C-]#[N+]C1(c2ccc(N(CCCCO)c3cc(-c4c(C)noc4C)ccc3C)cc2)CC1. The molecule has 3 aromatic rings. The van der Waals surface area contributed by atoms with E-state index >= 15 is 0 Å². The number of anilines is 2. The highest BCUT2D eigenvalue weighted by Crippen LogP contribution is 2.50. The van der Waals surface area contributed by atoms with Gasteiger partial charge in [-0.2, -0.15) is 0 Å². The molecule has 4 rings (SSSR count). The van der Waals surface area contributed by atoms with Crippen LogP contribution >= 0.6 is 0 Å². The number of hydrogen-bond donors (Lipinski definition) is 1. The van der Waals surface area contributed by atoms with E-state index in [-0.39, 0.29) is 12.1 Å². The third kappa shape index (κ3) is 4.08. The lowest BCUT2D eigenvalue weighted by atomic mass is 10.00. The molecule has 0 atom stereocenters. The minimum atomic E-state index is -0.292. The van der Waals surface area contributed by atoms with E-state index in [1.807, 2.05) is 13.8 Å². The average molecular weight is 416 g/mol. The number of nitrogens with zero attached hydrogens (tertiary/aromatic N) is 3. The van der Waals surface area contributed by atoms with E-state index in [2.05, 4.69) is 64.3 Å². The molecule has 0 spiro atoms. The van der Waals surface area contributed by atoms with Crippen LogP contribution in [0.4, 0.5) is 11.4 Å². The lowest BCUT2D eigenvalue weighted by Gasteiger charge is -2.27. The molecular formula is C26H29N3O2. The van der Waals surface area contributed by atoms with Crippen LogP contribution in [0.5, 0.6) is 0 Å². The zero-order valence-corrected chi connectivity index (χ0v) is 18.5. The van der Waals surface area contributed by atoms with Crippen LogP contribution in [0, 0.1) is 27.3 Å². The topological polar surface area (TPSA) is 53.9 Å². The number of hydrogen-bond acceptors (Lipinski definition) is 4. The summed E-state index contributed by atoms with van der Waals surface area (Å²) in [5, 5.41) is 13.4. The van der Waals surface area contributed by atoms with Gasteiger partial charge >= 0.3 is 0 Å². The van der Waals surface area contributed by atoms with Gasteiger partial charge < -0.3 is 19.4 Å². The van der Waals surface area contributed by atoms with Crippen molar-refractivity contribution >= 4 is 11.4 Å². The lowest BCUT2D eigenvalue weighted by molar-refractivity contribution is 0.285. The van der Waals surface area contributed by atoms with E-state index in [0.29, 0.717) is 0 Å². The summed E-state index contributed by atoms with van der Waals surface area (Å²) >= 11 is 0. The summed E-state index contributed by atoms with van der Waals surface area (Å²) in [7, 11) is 0. The summed E-state index contributed by atoms with van der Waals surface area (Å²) in [6.07, 6.45) is 3.56. The van der Waals surface area contributed by atoms with Crippen LogP contribution in [0.3, 0.4) is 0 Å². The second kappa shape index (κ2) is 8.56. The largest absolute Gasteiger partial charge is 0.396 e. The molecule has 31 heavy (non-hydrogen) atoms. The molecule has 0 aliphatic heterocycles. The Bertz CT molecular complexity index is 1090. The second-order valence-electron chi connectivity index (χ2n) is 8.47. The normalized spacial score (nSPS) is 14.3. The van der Waals surface area contributed by atoms with Crippen LogP contribution in [0.1, 0.15) is 48.3 Å². The van der Waals surface area contributed by atoms with Gasteiger partial charge in [-0.15, -0.1) is 0 Å². The Morgan fingerprint density at radius 3 is 2.42 bits per heavy atom. The molecule has 0 unspecified atom stereocenters. The summed E-state index contributed by atoms with van der Waals surface area (Å²) in [5.74, 6) is 0.817. The van der Waals surface area contributed by atoms with Crippen LogP contribution in [-0.4, -0.2) is 23.4 Å². The fourth-order valence-electron chi connectivity index (χ4n) is 4.26. The molecule has 0 bridgehead atoms. The van der Waals surface area contributed by atoms with Crippen molar-refractivity contribution in [1.82, 2.24) is 5.16 Å². The molecule has 160 valence electrons. The summed E-state index contributed by atoms with van der Waals surface area (Å²) in [6.45, 7) is 14.6. The van der Waals surface area contributed by atoms with Crippen molar-refractivity contribution in [3.8, 4) is 11.1 Å². The number of unbranched alkanes of at least 4 members (excludes halogenated alkanes) is 1. The van der Waals surface area contributed by atoms with E-state index in [9.17, 15) is 5.11 Å². The van der Waals surface area contributed by atoms with Crippen LogP contribution in [0.25, 0.3) is 16.0 Å². The molecular weight excluding hydrogens is 386 g/mol. The highest BCUT2D eigenvalue weighted by molar-refractivity contribution is 5.76. The van der Waals surface area contributed by atoms with Gasteiger partial charge in [0.05, 0.1) is 5.69 Å². The van der Waals surface area contributed by atoms with E-state index < -0.39 is 0 Å². The zero-order valence-electron chi connectivity index (χ0n) is 18.5. The maximum Gasteiger partial charge on any atom is 0.258 e. The van der Waals surface area contributed by atoms with Gasteiger partial charge in [0.2, 0.25) is 0 Å². The Morgan fingerprint density at radius 2 is 1.84 bits per heavy atom. The predicted octanol–water partition coefficient (Wildman–Crippen LogP) is 6.09. The molecule has 5 heteroatoms. The summed E-state index contributed by atoms with van der Waals surface area (Å²) in [5.41, 5.74) is 7.25. The van der Waals surface area contributed by atoms with E-state index in [0.717, 1.165) is 71.7 Å².